The summed E-state index contributed by atoms with van der Waals surface area (Å²) in [5.41, 5.74) is 13.5. The Morgan fingerprint density at radius 2 is 0.447 bits per heavy atom. The van der Waals surface area contributed by atoms with Gasteiger partial charge in [-0.05, 0) is 157 Å². The number of aliphatic hydroxyl groups excluding tert-OH is 1. The molecule has 76 heavy (non-hydrogen) atoms. The van der Waals surface area contributed by atoms with Crippen molar-refractivity contribution in [2.24, 2.45) is 0 Å². The third-order valence-corrected chi connectivity index (χ3v) is 14.5. The van der Waals surface area contributed by atoms with E-state index in [1.807, 2.05) is 265 Å². The maximum Gasteiger partial charge on any atom is 0.338 e. The molecule has 0 aliphatic carbocycles. The highest BCUT2D eigenvalue weighted by Crippen LogP contribution is 2.47. The van der Waals surface area contributed by atoms with Crippen LogP contribution in [-0.2, 0) is 0 Å². The van der Waals surface area contributed by atoms with E-state index in [1.54, 1.807) is 27.4 Å². The second-order valence-electron chi connectivity index (χ2n) is 18.7. The molecule has 13 aromatic rings. The Hall–Kier alpha value is -10.4. The Morgan fingerprint density at radius 3 is 0.750 bits per heavy atom. The van der Waals surface area contributed by atoms with Crippen LogP contribution < -0.4 is 26.9 Å². The number of imidazole rings is 3. The molecule has 0 spiro atoms. The van der Waals surface area contributed by atoms with Crippen LogP contribution in [-0.4, -0.2) is 38.9 Å². The van der Waals surface area contributed by atoms with Gasteiger partial charge in [0, 0.05) is 11.4 Å². The van der Waals surface area contributed by atoms with Crippen LogP contribution in [0.5, 0.6) is 0 Å². The molecular formula is C64H44N8O4. The van der Waals surface area contributed by atoms with E-state index in [2.05, 4.69) is 0 Å². The molecule has 0 bridgehead atoms. The Bertz CT molecular complexity index is 4530. The van der Waals surface area contributed by atoms with E-state index in [4.69, 9.17) is 0 Å². The minimum absolute atomic E-state index is 0.184. The van der Waals surface area contributed by atoms with Crippen molar-refractivity contribution < 1.29 is 5.11 Å². The van der Waals surface area contributed by atoms with Gasteiger partial charge < -0.3 is 5.11 Å². The number of benzene rings is 10. The molecule has 12 heteroatoms. The van der Waals surface area contributed by atoms with E-state index < -0.39 is 6.35 Å². The normalized spacial score (nSPS) is 13.3. The molecule has 1 N–H and O–H groups in total. The summed E-state index contributed by atoms with van der Waals surface area (Å²) < 4.78 is 10.3. The fraction of sp³-hybridized carbons (Fsp3) is 0.0156. The third-order valence-electron chi connectivity index (χ3n) is 14.5. The first kappa shape index (κ1) is 44.3. The highest BCUT2D eigenvalue weighted by Gasteiger charge is 2.36. The largest absolute Gasteiger partial charge is 0.356 e. The topological polar surface area (TPSA) is 108 Å². The van der Waals surface area contributed by atoms with E-state index in [1.165, 1.54) is 0 Å². The molecule has 4 heterocycles. The molecule has 3 aromatic heterocycles. The number of hydrogen-bond acceptors (Lipinski definition) is 6. The summed E-state index contributed by atoms with van der Waals surface area (Å²) in [6.07, 6.45) is -0.978. The Morgan fingerprint density at radius 1 is 0.237 bits per heavy atom. The van der Waals surface area contributed by atoms with Gasteiger partial charge >= 0.3 is 17.1 Å². The lowest BCUT2D eigenvalue weighted by molar-refractivity contribution is 0.195. The summed E-state index contributed by atoms with van der Waals surface area (Å²) >= 11 is 0. The first-order valence-corrected chi connectivity index (χ1v) is 25.0. The lowest BCUT2D eigenvalue weighted by Gasteiger charge is -2.28. The van der Waals surface area contributed by atoms with E-state index in [-0.39, 0.29) is 17.1 Å². The van der Waals surface area contributed by atoms with Crippen LogP contribution in [0.2, 0.25) is 0 Å². The van der Waals surface area contributed by atoms with E-state index in [0.717, 1.165) is 72.7 Å². The molecular weight excluding hydrogens is 945 g/mol. The van der Waals surface area contributed by atoms with Gasteiger partial charge in [0.2, 0.25) is 6.35 Å². The molecule has 1 aliphatic heterocycles. The molecule has 1 atom stereocenters. The lowest BCUT2D eigenvalue weighted by atomic mass is 10.0. The zero-order valence-corrected chi connectivity index (χ0v) is 40.6. The summed E-state index contributed by atoms with van der Waals surface area (Å²) in [6, 6.07) is 81.7. The van der Waals surface area contributed by atoms with Gasteiger partial charge in [0.15, 0.2) is 0 Å². The Kier molecular flexibility index (Phi) is 10.3. The van der Waals surface area contributed by atoms with Crippen LogP contribution in [0.15, 0.2) is 269 Å². The van der Waals surface area contributed by atoms with Crippen molar-refractivity contribution in [2.45, 2.75) is 6.35 Å². The minimum Gasteiger partial charge on any atom is -0.356 e. The minimum atomic E-state index is -0.978. The van der Waals surface area contributed by atoms with Crippen LogP contribution in [0.3, 0.4) is 0 Å². The third kappa shape index (κ3) is 6.93. The summed E-state index contributed by atoms with van der Waals surface area (Å²) in [5.74, 6) is 0. The molecule has 1 unspecified atom stereocenters. The highest BCUT2D eigenvalue weighted by molar-refractivity contribution is 5.88. The predicted octanol–water partition coefficient (Wildman–Crippen LogP) is 12.2. The van der Waals surface area contributed by atoms with E-state index in [9.17, 15) is 19.5 Å². The van der Waals surface area contributed by atoms with Crippen molar-refractivity contribution in [1.82, 2.24) is 27.4 Å². The van der Waals surface area contributed by atoms with Crippen molar-refractivity contribution in [3.8, 4) is 45.3 Å². The first-order chi connectivity index (χ1) is 37.4. The number of fused-ring (bicyclic) bond motifs is 4. The maximum absolute atomic E-state index is 14.6. The number of aromatic nitrogens is 6. The monoisotopic (exact) mass is 988 g/mol. The van der Waals surface area contributed by atoms with Crippen LogP contribution in [0.1, 0.15) is 0 Å². The van der Waals surface area contributed by atoms with Gasteiger partial charge in [0.25, 0.3) is 0 Å². The van der Waals surface area contributed by atoms with Crippen molar-refractivity contribution in [3.05, 3.63) is 286 Å². The average molecular weight is 989 g/mol. The number of anilines is 4. The van der Waals surface area contributed by atoms with Crippen molar-refractivity contribution in [1.29, 1.82) is 0 Å². The second-order valence-corrected chi connectivity index (χ2v) is 18.7. The van der Waals surface area contributed by atoms with Gasteiger partial charge in [-0.1, -0.05) is 109 Å². The average Bonchev–Trinajstić information content (AvgIpc) is 4.21. The second kappa shape index (κ2) is 17.7. The zero-order chi connectivity index (χ0) is 51.0. The molecule has 0 saturated heterocycles. The lowest BCUT2D eigenvalue weighted by Crippen LogP contribution is -2.37. The summed E-state index contributed by atoms with van der Waals surface area (Å²) in [7, 11) is 0. The molecule has 10 aromatic carbocycles. The number of aliphatic hydroxyl groups is 1. The molecule has 0 fully saturated rings. The number of hydrogen-bond donors (Lipinski definition) is 1. The van der Waals surface area contributed by atoms with Crippen molar-refractivity contribution >= 4 is 55.8 Å². The maximum atomic E-state index is 14.6. The van der Waals surface area contributed by atoms with Crippen molar-refractivity contribution in [2.75, 3.05) is 9.80 Å². The summed E-state index contributed by atoms with van der Waals surface area (Å²) in [6.45, 7) is 0. The molecule has 12 nitrogen and oxygen atoms in total. The molecule has 1 aliphatic rings. The van der Waals surface area contributed by atoms with Crippen LogP contribution in [0, 0.1) is 0 Å². The van der Waals surface area contributed by atoms with Gasteiger partial charge in [-0.2, -0.15) is 0 Å². The quantitative estimate of drug-likeness (QED) is 0.154. The molecule has 0 amide bonds. The predicted molar refractivity (Wildman–Crippen MR) is 302 cm³/mol. The van der Waals surface area contributed by atoms with Gasteiger partial charge in [0.05, 0.1) is 78.6 Å². The summed E-state index contributed by atoms with van der Waals surface area (Å²) in [5, 5.41) is 11.8. The highest BCUT2D eigenvalue weighted by atomic mass is 16.3. The molecule has 0 saturated carbocycles. The summed E-state index contributed by atoms with van der Waals surface area (Å²) in [4.78, 5) is 47.0. The Balaban J connectivity index is 0.748. The number of nitrogens with zero attached hydrogens (tertiary/aromatic N) is 8. The van der Waals surface area contributed by atoms with Crippen LogP contribution in [0.4, 0.5) is 22.7 Å². The number of rotatable bonds is 9. The van der Waals surface area contributed by atoms with Gasteiger partial charge in [0.1, 0.15) is 0 Å². The van der Waals surface area contributed by atoms with E-state index >= 15 is 0 Å². The molecule has 0 radical (unpaired) electrons. The van der Waals surface area contributed by atoms with Crippen LogP contribution >= 0.6 is 0 Å². The van der Waals surface area contributed by atoms with Gasteiger partial charge in [-0.15, -0.1) is 0 Å². The molecule has 364 valence electrons. The van der Waals surface area contributed by atoms with Crippen molar-refractivity contribution in [3.63, 3.8) is 0 Å². The van der Waals surface area contributed by atoms with Gasteiger partial charge in [-0.25, -0.2) is 14.4 Å². The van der Waals surface area contributed by atoms with E-state index in [0.29, 0.717) is 28.4 Å². The zero-order valence-electron chi connectivity index (χ0n) is 40.6. The van der Waals surface area contributed by atoms with Gasteiger partial charge in [-0.3, -0.25) is 37.2 Å². The fourth-order valence-electron chi connectivity index (χ4n) is 11.0. The standard InChI is InChI=1S/C64H44N8O4/c73-61-65(45-15-3-1-4-16-45)53-19-7-9-21-55(53)69(61)49-35-39-51(40-36-49)71-59-25-13-11-23-57(59)67(63(71)75)47-31-27-43(28-32-47)44-29-33-48(34-30-44)68-58-24-12-14-26-60(58)72(64(68)76)52-41-37-50(38-42-52)70-56-22-10-8-20-54(56)66(62(70)74)46-17-5-2-6-18-46/h1-42,61,73H. The smallest absolute Gasteiger partial charge is 0.338 e. The fourth-order valence-corrected chi connectivity index (χ4v) is 11.0. The Labute approximate surface area is 434 Å². The molecule has 14 rings (SSSR count). The SMILES string of the molecule is O=c1n(-c2ccc(-c3ccc(-n4c(=O)n(-c5ccc(-n6c(=O)n(-c7ccccc7)c7ccccc76)cc5)c5ccccc54)cc3)cc2)c2ccccc2n1-c1ccc(N2c3ccccc3N(c3ccccc3)C2O)cc1. The number of para-hydroxylation sites is 10. The first-order valence-electron chi connectivity index (χ1n) is 25.0. The van der Waals surface area contributed by atoms with Crippen LogP contribution in [0.25, 0.3) is 78.4 Å².